The molecule has 86 valence electrons. The van der Waals surface area contributed by atoms with Crippen molar-refractivity contribution in [3.63, 3.8) is 0 Å². The number of benzene rings is 2. The molecule has 0 unspecified atom stereocenters. The van der Waals surface area contributed by atoms with E-state index in [0.717, 1.165) is 11.3 Å². The predicted molar refractivity (Wildman–Crippen MR) is 75.2 cm³/mol. The van der Waals surface area contributed by atoms with E-state index in [4.69, 9.17) is 34.8 Å². The molecule has 2 aromatic carbocycles. The number of rotatable bonds is 2. The molecule has 0 fully saturated rings. The molecule has 0 aliphatic carbocycles. The quantitative estimate of drug-likeness (QED) is 0.655. The average molecular weight is 285 g/mol. The summed E-state index contributed by atoms with van der Waals surface area (Å²) in [7, 11) is 0. The maximum absolute atomic E-state index is 5.89. The van der Waals surface area contributed by atoms with Crippen LogP contribution in [0.15, 0.2) is 47.5 Å². The SMILES string of the molecule is Clc1cc(Cl)cc(C=Nc2cccc(Cl)c2)c1. The first-order chi connectivity index (χ1) is 8.13. The lowest BCUT2D eigenvalue weighted by Gasteiger charge is -1.97. The topological polar surface area (TPSA) is 12.4 Å². The number of hydrogen-bond acceptors (Lipinski definition) is 1. The van der Waals surface area contributed by atoms with Gasteiger partial charge in [-0.1, -0.05) is 40.9 Å². The number of nitrogens with zero attached hydrogens (tertiary/aromatic N) is 1. The third-order valence-corrected chi connectivity index (χ3v) is 2.73. The Labute approximate surface area is 115 Å². The molecule has 0 amide bonds. The van der Waals surface area contributed by atoms with Gasteiger partial charge >= 0.3 is 0 Å². The minimum atomic E-state index is 0.588. The van der Waals surface area contributed by atoms with Crippen molar-refractivity contribution in [1.82, 2.24) is 0 Å². The molecular formula is C13H8Cl3N. The van der Waals surface area contributed by atoms with Crippen LogP contribution in [-0.4, -0.2) is 6.21 Å². The third kappa shape index (κ3) is 3.74. The van der Waals surface area contributed by atoms with Crippen molar-refractivity contribution in [3.8, 4) is 0 Å². The van der Waals surface area contributed by atoms with Crippen LogP contribution in [0.4, 0.5) is 5.69 Å². The smallest absolute Gasteiger partial charge is 0.0644 e. The fraction of sp³-hybridized carbons (Fsp3) is 0. The van der Waals surface area contributed by atoms with Crippen LogP contribution >= 0.6 is 34.8 Å². The van der Waals surface area contributed by atoms with Crippen molar-refractivity contribution in [2.75, 3.05) is 0 Å². The molecule has 0 radical (unpaired) electrons. The second-order valence-corrected chi connectivity index (χ2v) is 4.75. The molecule has 1 nitrogen and oxygen atoms in total. The Morgan fingerprint density at radius 3 is 2.18 bits per heavy atom. The zero-order valence-electron chi connectivity index (χ0n) is 8.70. The van der Waals surface area contributed by atoms with E-state index in [1.807, 2.05) is 12.1 Å². The number of hydrogen-bond donors (Lipinski definition) is 0. The highest BCUT2D eigenvalue weighted by molar-refractivity contribution is 6.35. The Bertz CT molecular complexity index is 544. The molecule has 17 heavy (non-hydrogen) atoms. The standard InChI is InChI=1S/C13H8Cl3N/c14-10-2-1-3-13(7-10)17-8-9-4-11(15)6-12(16)5-9/h1-8H. The second kappa shape index (κ2) is 5.54. The van der Waals surface area contributed by atoms with Crippen LogP contribution in [0.3, 0.4) is 0 Å². The molecule has 0 N–H and O–H groups in total. The Hall–Kier alpha value is -1.02. The summed E-state index contributed by atoms with van der Waals surface area (Å²) in [5.74, 6) is 0. The van der Waals surface area contributed by atoms with Gasteiger partial charge in [-0.15, -0.1) is 0 Å². The summed E-state index contributed by atoms with van der Waals surface area (Å²) in [4.78, 5) is 4.29. The first kappa shape index (κ1) is 12.4. The molecule has 0 saturated heterocycles. The molecule has 0 spiro atoms. The monoisotopic (exact) mass is 283 g/mol. The first-order valence-electron chi connectivity index (χ1n) is 4.89. The van der Waals surface area contributed by atoms with Crippen LogP contribution in [0, 0.1) is 0 Å². The van der Waals surface area contributed by atoms with Gasteiger partial charge in [0, 0.05) is 21.3 Å². The van der Waals surface area contributed by atoms with Gasteiger partial charge in [-0.05, 0) is 42.0 Å². The van der Waals surface area contributed by atoms with Crippen molar-refractivity contribution in [1.29, 1.82) is 0 Å². The van der Waals surface area contributed by atoms with Gasteiger partial charge < -0.3 is 0 Å². The van der Waals surface area contributed by atoms with E-state index >= 15 is 0 Å². The van der Waals surface area contributed by atoms with Crippen LogP contribution in [0.5, 0.6) is 0 Å². The van der Waals surface area contributed by atoms with E-state index in [2.05, 4.69) is 4.99 Å². The highest BCUT2D eigenvalue weighted by atomic mass is 35.5. The van der Waals surface area contributed by atoms with E-state index < -0.39 is 0 Å². The van der Waals surface area contributed by atoms with Gasteiger partial charge in [-0.3, -0.25) is 4.99 Å². The molecule has 0 saturated carbocycles. The van der Waals surface area contributed by atoms with Gasteiger partial charge in [0.15, 0.2) is 0 Å². The Kier molecular flexibility index (Phi) is 4.06. The van der Waals surface area contributed by atoms with Crippen molar-refractivity contribution in [2.24, 2.45) is 4.99 Å². The minimum Gasteiger partial charge on any atom is -0.256 e. The van der Waals surface area contributed by atoms with Crippen LogP contribution in [-0.2, 0) is 0 Å². The molecule has 0 heterocycles. The van der Waals surface area contributed by atoms with E-state index in [1.165, 1.54) is 0 Å². The zero-order valence-corrected chi connectivity index (χ0v) is 11.0. The predicted octanol–water partition coefficient (Wildman–Crippen LogP) is 5.40. The van der Waals surface area contributed by atoms with Gasteiger partial charge in [-0.25, -0.2) is 0 Å². The third-order valence-electron chi connectivity index (χ3n) is 2.06. The fourth-order valence-electron chi connectivity index (χ4n) is 1.36. The summed E-state index contributed by atoms with van der Waals surface area (Å²) in [6, 6.07) is 12.6. The molecule has 0 bridgehead atoms. The van der Waals surface area contributed by atoms with Crippen molar-refractivity contribution in [3.05, 3.63) is 63.1 Å². The number of halogens is 3. The Balaban J connectivity index is 2.25. The van der Waals surface area contributed by atoms with Crippen molar-refractivity contribution < 1.29 is 0 Å². The normalized spacial score (nSPS) is 11.0. The van der Waals surface area contributed by atoms with Crippen molar-refractivity contribution >= 4 is 46.7 Å². The summed E-state index contributed by atoms with van der Waals surface area (Å²) in [5, 5.41) is 1.83. The summed E-state index contributed by atoms with van der Waals surface area (Å²) in [6.07, 6.45) is 1.70. The van der Waals surface area contributed by atoms with E-state index in [-0.39, 0.29) is 0 Å². The fourth-order valence-corrected chi connectivity index (χ4v) is 2.08. The van der Waals surface area contributed by atoms with Gasteiger partial charge in [0.2, 0.25) is 0 Å². The maximum Gasteiger partial charge on any atom is 0.0644 e. The van der Waals surface area contributed by atoms with E-state index in [0.29, 0.717) is 15.1 Å². The van der Waals surface area contributed by atoms with Gasteiger partial charge in [-0.2, -0.15) is 0 Å². The largest absolute Gasteiger partial charge is 0.256 e. The van der Waals surface area contributed by atoms with Crippen LogP contribution < -0.4 is 0 Å². The molecule has 0 aliphatic rings. The molecule has 0 aliphatic heterocycles. The second-order valence-electron chi connectivity index (χ2n) is 3.44. The zero-order chi connectivity index (χ0) is 12.3. The van der Waals surface area contributed by atoms with Gasteiger partial charge in [0.25, 0.3) is 0 Å². The summed E-state index contributed by atoms with van der Waals surface area (Å²) < 4.78 is 0. The van der Waals surface area contributed by atoms with Gasteiger partial charge in [0.05, 0.1) is 5.69 Å². The Morgan fingerprint density at radius 2 is 1.53 bits per heavy atom. The molecule has 2 rings (SSSR count). The lowest BCUT2D eigenvalue weighted by Crippen LogP contribution is -1.80. The average Bonchev–Trinajstić information content (AvgIpc) is 2.25. The molecule has 4 heteroatoms. The van der Waals surface area contributed by atoms with Crippen LogP contribution in [0.25, 0.3) is 0 Å². The summed E-state index contributed by atoms with van der Waals surface area (Å²) in [6.45, 7) is 0. The Morgan fingerprint density at radius 1 is 0.824 bits per heavy atom. The highest BCUT2D eigenvalue weighted by Gasteiger charge is 1.96. The van der Waals surface area contributed by atoms with Crippen molar-refractivity contribution in [2.45, 2.75) is 0 Å². The van der Waals surface area contributed by atoms with E-state index in [1.54, 1.807) is 36.5 Å². The highest BCUT2D eigenvalue weighted by Crippen LogP contribution is 2.20. The summed E-state index contributed by atoms with van der Waals surface area (Å²) >= 11 is 17.6. The maximum atomic E-state index is 5.89. The molecule has 0 atom stereocenters. The lowest BCUT2D eigenvalue weighted by atomic mass is 10.2. The number of aliphatic imine (C=N–C) groups is 1. The first-order valence-corrected chi connectivity index (χ1v) is 6.02. The van der Waals surface area contributed by atoms with Crippen LogP contribution in [0.2, 0.25) is 15.1 Å². The van der Waals surface area contributed by atoms with E-state index in [9.17, 15) is 0 Å². The molecule has 2 aromatic rings. The molecule has 0 aromatic heterocycles. The summed E-state index contributed by atoms with van der Waals surface area (Å²) in [5.41, 5.74) is 1.64. The molecular weight excluding hydrogens is 277 g/mol. The lowest BCUT2D eigenvalue weighted by molar-refractivity contribution is 1.52. The minimum absolute atomic E-state index is 0.588. The van der Waals surface area contributed by atoms with Crippen LogP contribution in [0.1, 0.15) is 5.56 Å². The van der Waals surface area contributed by atoms with Gasteiger partial charge in [0.1, 0.15) is 0 Å².